The van der Waals surface area contributed by atoms with Gasteiger partial charge < -0.3 is 9.84 Å². The molecular weight excluding hydrogens is 253 g/mol. The first-order chi connectivity index (χ1) is 6.61. The fourth-order valence-electron chi connectivity index (χ4n) is 1.08. The molecule has 0 bridgehead atoms. The summed E-state index contributed by atoms with van der Waals surface area (Å²) in [6.07, 6.45) is 0.0268. The smallest absolute Gasteiger partial charge is 0.208 e. The molecule has 5 heteroatoms. The van der Waals surface area contributed by atoms with Crippen LogP contribution in [0.2, 0.25) is 0 Å². The molecule has 0 saturated carbocycles. The van der Waals surface area contributed by atoms with Gasteiger partial charge in [0.1, 0.15) is 0 Å². The fourth-order valence-corrected chi connectivity index (χ4v) is 1.53. The summed E-state index contributed by atoms with van der Waals surface area (Å²) in [5.74, 6) is -1.46. The van der Waals surface area contributed by atoms with Gasteiger partial charge in [0.15, 0.2) is 11.5 Å². The van der Waals surface area contributed by atoms with Crippen molar-refractivity contribution in [3.05, 3.63) is 21.9 Å². The van der Waals surface area contributed by atoms with Crippen LogP contribution in [0.1, 0.15) is 5.56 Å². The van der Waals surface area contributed by atoms with Crippen molar-refractivity contribution >= 4 is 15.9 Å². The van der Waals surface area contributed by atoms with Gasteiger partial charge in [-0.1, -0.05) is 0 Å². The van der Waals surface area contributed by atoms with E-state index in [1.54, 1.807) is 0 Å². The lowest BCUT2D eigenvalue weighted by molar-refractivity contribution is 0.360. The Labute approximate surface area is 88.9 Å². The number of hydrogen-bond donors (Lipinski definition) is 1. The normalized spacial score (nSPS) is 9.57. The average molecular weight is 260 g/mol. The van der Waals surface area contributed by atoms with Crippen molar-refractivity contribution in [1.29, 1.82) is 5.26 Å². The molecule has 1 aromatic carbocycles. The van der Waals surface area contributed by atoms with Crippen LogP contribution in [-0.4, -0.2) is 12.2 Å². The molecular formula is C9H7BrFNO2. The minimum absolute atomic E-state index is 0.0268. The third-order valence-electron chi connectivity index (χ3n) is 1.70. The van der Waals surface area contributed by atoms with Crippen LogP contribution in [-0.2, 0) is 6.42 Å². The fraction of sp³-hybridized carbons (Fsp3) is 0.222. The second-order valence-electron chi connectivity index (χ2n) is 2.55. The summed E-state index contributed by atoms with van der Waals surface area (Å²) in [7, 11) is 1.28. The molecule has 14 heavy (non-hydrogen) atoms. The molecule has 0 spiro atoms. The number of ether oxygens (including phenoxy) is 1. The van der Waals surface area contributed by atoms with E-state index in [1.165, 1.54) is 13.2 Å². The van der Waals surface area contributed by atoms with Crippen LogP contribution < -0.4 is 4.74 Å². The summed E-state index contributed by atoms with van der Waals surface area (Å²) in [4.78, 5) is 0. The summed E-state index contributed by atoms with van der Waals surface area (Å²) < 4.78 is 18.3. The lowest BCUT2D eigenvalue weighted by Crippen LogP contribution is -1.96. The second kappa shape index (κ2) is 4.29. The predicted molar refractivity (Wildman–Crippen MR) is 51.6 cm³/mol. The van der Waals surface area contributed by atoms with E-state index in [0.29, 0.717) is 5.56 Å². The van der Waals surface area contributed by atoms with Crippen molar-refractivity contribution in [2.45, 2.75) is 6.42 Å². The molecule has 0 aliphatic rings. The second-order valence-corrected chi connectivity index (χ2v) is 3.40. The van der Waals surface area contributed by atoms with Gasteiger partial charge in [0.25, 0.3) is 0 Å². The third-order valence-corrected chi connectivity index (χ3v) is 2.30. The Morgan fingerprint density at radius 3 is 2.86 bits per heavy atom. The zero-order valence-electron chi connectivity index (χ0n) is 7.34. The first kappa shape index (κ1) is 10.8. The summed E-state index contributed by atoms with van der Waals surface area (Å²) >= 11 is 2.98. The Kier molecular flexibility index (Phi) is 3.31. The molecule has 0 atom stereocenters. The van der Waals surface area contributed by atoms with E-state index in [0.717, 1.165) is 0 Å². The summed E-state index contributed by atoms with van der Waals surface area (Å²) in [5, 5.41) is 17.7. The average Bonchev–Trinajstić information content (AvgIpc) is 2.16. The Hall–Kier alpha value is -1.28. The lowest BCUT2D eigenvalue weighted by atomic mass is 10.1. The topological polar surface area (TPSA) is 53.2 Å². The monoisotopic (exact) mass is 259 g/mol. The third kappa shape index (κ3) is 1.80. The highest BCUT2D eigenvalue weighted by atomic mass is 79.9. The van der Waals surface area contributed by atoms with Gasteiger partial charge in [-0.05, 0) is 22.0 Å². The molecule has 1 rings (SSSR count). The summed E-state index contributed by atoms with van der Waals surface area (Å²) in [6, 6.07) is 3.34. The SMILES string of the molecule is COc1c(CC#N)cc(Br)c(O)c1F. The summed E-state index contributed by atoms with van der Waals surface area (Å²) in [6.45, 7) is 0. The van der Waals surface area contributed by atoms with Crippen LogP contribution in [0.25, 0.3) is 0 Å². The van der Waals surface area contributed by atoms with Gasteiger partial charge in [-0.3, -0.25) is 0 Å². The number of aromatic hydroxyl groups is 1. The number of benzene rings is 1. The Bertz CT molecular complexity index is 401. The predicted octanol–water partition coefficient (Wildman–Crippen LogP) is 2.37. The molecule has 74 valence electrons. The van der Waals surface area contributed by atoms with Crippen LogP contribution in [0, 0.1) is 17.1 Å². The number of phenols is 1. The van der Waals surface area contributed by atoms with Crippen molar-refractivity contribution < 1.29 is 14.2 Å². The van der Waals surface area contributed by atoms with Crippen molar-refractivity contribution in [1.82, 2.24) is 0 Å². The van der Waals surface area contributed by atoms with Gasteiger partial charge >= 0.3 is 0 Å². The first-order valence-electron chi connectivity index (χ1n) is 3.72. The standard InChI is InChI=1S/C9H7BrFNO2/c1-14-9-5(2-3-12)4-6(10)8(13)7(9)11/h4,13H,2H2,1H3. The van der Waals surface area contributed by atoms with Gasteiger partial charge in [0.05, 0.1) is 24.1 Å². The maximum atomic E-state index is 13.3. The van der Waals surface area contributed by atoms with Gasteiger partial charge in [-0.2, -0.15) is 9.65 Å². The maximum absolute atomic E-state index is 13.3. The number of halogens is 2. The van der Waals surface area contributed by atoms with E-state index in [-0.39, 0.29) is 16.6 Å². The minimum Gasteiger partial charge on any atom is -0.504 e. The number of methoxy groups -OCH3 is 1. The molecule has 3 nitrogen and oxygen atoms in total. The Morgan fingerprint density at radius 2 is 2.36 bits per heavy atom. The van der Waals surface area contributed by atoms with E-state index in [9.17, 15) is 9.50 Å². The molecule has 1 N–H and O–H groups in total. The largest absolute Gasteiger partial charge is 0.504 e. The van der Waals surface area contributed by atoms with E-state index in [1.807, 2.05) is 6.07 Å². The number of nitriles is 1. The lowest BCUT2D eigenvalue weighted by Gasteiger charge is -2.09. The van der Waals surface area contributed by atoms with Gasteiger partial charge in [0, 0.05) is 5.56 Å². The molecule has 0 aliphatic carbocycles. The van der Waals surface area contributed by atoms with Crippen molar-refractivity contribution in [2.24, 2.45) is 0 Å². The van der Waals surface area contributed by atoms with Crippen LogP contribution >= 0.6 is 15.9 Å². The molecule has 0 aliphatic heterocycles. The van der Waals surface area contributed by atoms with Gasteiger partial charge in [-0.15, -0.1) is 0 Å². The number of phenolic OH excluding ortho intramolecular Hbond substituents is 1. The molecule has 0 fully saturated rings. The maximum Gasteiger partial charge on any atom is 0.208 e. The van der Waals surface area contributed by atoms with E-state index in [4.69, 9.17) is 10.00 Å². The van der Waals surface area contributed by atoms with E-state index < -0.39 is 11.6 Å². The quantitative estimate of drug-likeness (QED) is 0.888. The number of nitrogens with zero attached hydrogens (tertiary/aromatic N) is 1. The highest BCUT2D eigenvalue weighted by Gasteiger charge is 2.16. The van der Waals surface area contributed by atoms with Crippen molar-refractivity contribution in [2.75, 3.05) is 7.11 Å². The van der Waals surface area contributed by atoms with Gasteiger partial charge in [0.2, 0.25) is 5.82 Å². The van der Waals surface area contributed by atoms with Crippen LogP contribution in [0.4, 0.5) is 4.39 Å². The van der Waals surface area contributed by atoms with Crippen LogP contribution in [0.3, 0.4) is 0 Å². The zero-order valence-corrected chi connectivity index (χ0v) is 8.93. The minimum atomic E-state index is -0.855. The van der Waals surface area contributed by atoms with E-state index >= 15 is 0 Å². The molecule has 0 unspecified atom stereocenters. The van der Waals surface area contributed by atoms with E-state index in [2.05, 4.69) is 15.9 Å². The molecule has 0 radical (unpaired) electrons. The Balaban J connectivity index is 3.37. The Morgan fingerprint density at radius 1 is 1.71 bits per heavy atom. The van der Waals surface area contributed by atoms with Crippen LogP contribution in [0.15, 0.2) is 10.5 Å². The van der Waals surface area contributed by atoms with Crippen molar-refractivity contribution in [3.8, 4) is 17.6 Å². The first-order valence-corrected chi connectivity index (χ1v) is 4.52. The highest BCUT2D eigenvalue weighted by Crippen LogP contribution is 2.36. The number of hydrogen-bond acceptors (Lipinski definition) is 3. The number of rotatable bonds is 2. The molecule has 1 aromatic rings. The molecule has 0 aromatic heterocycles. The molecule has 0 heterocycles. The summed E-state index contributed by atoms with van der Waals surface area (Å²) in [5.41, 5.74) is 0.400. The van der Waals surface area contributed by atoms with Crippen molar-refractivity contribution in [3.63, 3.8) is 0 Å². The molecule has 0 saturated heterocycles. The highest BCUT2D eigenvalue weighted by molar-refractivity contribution is 9.10. The molecule has 0 amide bonds. The zero-order chi connectivity index (χ0) is 10.7. The van der Waals surface area contributed by atoms with Gasteiger partial charge in [-0.25, -0.2) is 0 Å². The van der Waals surface area contributed by atoms with Crippen LogP contribution in [0.5, 0.6) is 11.5 Å².